The van der Waals surface area contributed by atoms with Crippen LogP contribution in [0.4, 0.5) is 0 Å². The van der Waals surface area contributed by atoms with Gasteiger partial charge < -0.3 is 20.8 Å². The van der Waals surface area contributed by atoms with Gasteiger partial charge in [-0.3, -0.25) is 4.79 Å². The molecule has 0 aliphatic carbocycles. The third kappa shape index (κ3) is 10.1. The van der Waals surface area contributed by atoms with E-state index in [1.165, 1.54) is 11.7 Å². The zero-order valence-electron chi connectivity index (χ0n) is 23.8. The number of unbranched alkanes of at least 4 members (excludes halogenated alkanes) is 4. The highest BCUT2D eigenvalue weighted by molar-refractivity contribution is 7.18. The molecule has 0 radical (unpaired) electrons. The summed E-state index contributed by atoms with van der Waals surface area (Å²) in [6.07, 6.45) is 13.8. The molecule has 0 saturated carbocycles. The van der Waals surface area contributed by atoms with Crippen molar-refractivity contribution in [3.8, 4) is 16.9 Å². The molecule has 0 aliphatic heterocycles. The molecule has 9 nitrogen and oxygen atoms in total. The van der Waals surface area contributed by atoms with Gasteiger partial charge in [0.1, 0.15) is 12.1 Å². The number of aromatic nitrogens is 5. The number of amides is 1. The van der Waals surface area contributed by atoms with Crippen LogP contribution in [0.15, 0.2) is 73.2 Å². The van der Waals surface area contributed by atoms with Crippen molar-refractivity contribution in [1.29, 1.82) is 0 Å². The number of aldehydes is 1. The first-order valence-corrected chi connectivity index (χ1v) is 14.7. The molecule has 0 fully saturated rings. The van der Waals surface area contributed by atoms with Crippen molar-refractivity contribution in [2.75, 3.05) is 14.1 Å². The van der Waals surface area contributed by atoms with Crippen LogP contribution >= 0.6 is 11.3 Å². The highest BCUT2D eigenvalue weighted by Crippen LogP contribution is 2.22. The second-order valence-electron chi connectivity index (χ2n) is 9.11. The minimum atomic E-state index is 0.0641. The Morgan fingerprint density at radius 1 is 1.02 bits per heavy atom. The number of carbonyl (C=O) groups is 2. The van der Waals surface area contributed by atoms with Gasteiger partial charge in [0.15, 0.2) is 0 Å². The van der Waals surface area contributed by atoms with Crippen LogP contribution in [-0.2, 0) is 22.4 Å². The number of fused-ring (bicyclic) bond motifs is 1. The lowest BCUT2D eigenvalue weighted by Gasteiger charge is -2.03. The van der Waals surface area contributed by atoms with Crippen molar-refractivity contribution in [1.82, 2.24) is 30.0 Å². The fourth-order valence-corrected chi connectivity index (χ4v) is 5.06. The molecule has 3 heterocycles. The van der Waals surface area contributed by atoms with Gasteiger partial charge in [-0.15, -0.1) is 11.3 Å². The smallest absolute Gasteiger partial charge is 0.220 e. The van der Waals surface area contributed by atoms with Crippen molar-refractivity contribution >= 4 is 33.7 Å². The Labute approximate surface area is 245 Å². The molecular weight excluding hydrogens is 534 g/mol. The number of aryl methyl sites for hydroxylation is 2. The molecule has 216 valence electrons. The quantitative estimate of drug-likeness (QED) is 0.133. The Morgan fingerprint density at radius 2 is 1.80 bits per heavy atom. The number of hydrogen-bond donors (Lipinski definition) is 3. The molecule has 5 rings (SSSR count). The number of nitrogens with one attached hydrogen (secondary N) is 2. The van der Waals surface area contributed by atoms with E-state index in [-0.39, 0.29) is 5.91 Å². The lowest BCUT2D eigenvalue weighted by Crippen LogP contribution is -2.17. The third-order valence-electron chi connectivity index (χ3n) is 6.24. The highest BCUT2D eigenvalue weighted by Gasteiger charge is 2.06. The Morgan fingerprint density at radius 3 is 2.51 bits per heavy atom. The molecule has 0 unspecified atom stereocenters. The molecule has 1 amide bonds. The number of hydrogen-bond acceptors (Lipinski definition) is 7. The van der Waals surface area contributed by atoms with Gasteiger partial charge in [0, 0.05) is 45.1 Å². The van der Waals surface area contributed by atoms with Gasteiger partial charge in [-0.2, -0.15) is 5.10 Å². The minimum Gasteiger partial charge on any atom is -0.359 e. The van der Waals surface area contributed by atoms with E-state index in [1.54, 1.807) is 24.6 Å². The molecule has 0 aliphatic rings. The zero-order valence-corrected chi connectivity index (χ0v) is 24.6. The maximum absolute atomic E-state index is 11.1. The van der Waals surface area contributed by atoms with E-state index in [9.17, 15) is 9.59 Å². The molecular formula is C31H39N7O2S. The van der Waals surface area contributed by atoms with E-state index in [0.717, 1.165) is 78.1 Å². The molecule has 0 atom stereocenters. The number of para-hydroxylation sites is 1. The molecule has 41 heavy (non-hydrogen) atoms. The number of carbonyl (C=O) groups excluding carboxylic acids is 2. The molecule has 0 spiro atoms. The van der Waals surface area contributed by atoms with Crippen LogP contribution in [0.3, 0.4) is 0 Å². The summed E-state index contributed by atoms with van der Waals surface area (Å²) < 4.78 is 3.02. The predicted octanol–water partition coefficient (Wildman–Crippen LogP) is 5.50. The average Bonchev–Trinajstić information content (AvgIpc) is 3.80. The van der Waals surface area contributed by atoms with E-state index in [2.05, 4.69) is 61.4 Å². The van der Waals surface area contributed by atoms with Gasteiger partial charge in [-0.25, -0.2) is 14.6 Å². The molecule has 2 aromatic carbocycles. The van der Waals surface area contributed by atoms with Crippen LogP contribution in [0.2, 0.25) is 0 Å². The first kappa shape index (κ1) is 31.4. The largest absolute Gasteiger partial charge is 0.359 e. The number of benzene rings is 2. The Kier molecular flexibility index (Phi) is 13.4. The summed E-state index contributed by atoms with van der Waals surface area (Å²) in [4.78, 5) is 33.7. The first-order chi connectivity index (χ1) is 20.2. The Bertz CT molecular complexity index is 1410. The van der Waals surface area contributed by atoms with Gasteiger partial charge in [0.2, 0.25) is 5.91 Å². The lowest BCUT2D eigenvalue weighted by molar-refractivity contribution is -0.120. The van der Waals surface area contributed by atoms with E-state index in [1.807, 2.05) is 41.3 Å². The summed E-state index contributed by atoms with van der Waals surface area (Å²) in [5.41, 5.74) is 8.72. The van der Waals surface area contributed by atoms with E-state index in [0.29, 0.717) is 12.8 Å². The fourth-order valence-electron chi connectivity index (χ4n) is 4.10. The predicted molar refractivity (Wildman–Crippen MR) is 166 cm³/mol. The topological polar surface area (TPSA) is 132 Å². The molecule has 10 heteroatoms. The van der Waals surface area contributed by atoms with Crippen LogP contribution in [0.1, 0.15) is 49.4 Å². The number of nitrogens with two attached hydrogens (primary N) is 1. The third-order valence-corrected chi connectivity index (χ3v) is 7.34. The summed E-state index contributed by atoms with van der Waals surface area (Å²) >= 11 is 1.66. The first-order valence-electron chi connectivity index (χ1n) is 13.9. The monoisotopic (exact) mass is 573 g/mol. The second kappa shape index (κ2) is 17.5. The number of imidazole rings is 1. The SMILES string of the molecule is CN.CNC(=O)CCc1nc2ccccc2s1.O=CCCCCCCc1ncc(-c2ccc(-n3cccn3)cc2)[nH]1. The molecule has 4 N–H and O–H groups in total. The van der Waals surface area contributed by atoms with Gasteiger partial charge in [0.25, 0.3) is 0 Å². The van der Waals surface area contributed by atoms with Crippen molar-refractivity contribution in [2.24, 2.45) is 5.73 Å². The molecule has 3 aromatic heterocycles. The standard InChI is InChI=1S/C19H22N4O.C11H12N2OS.CH5N/c24-14-5-3-1-2-4-7-19-20-15-18(22-19)16-8-10-17(11-9-16)23-13-6-12-21-23;1-12-10(14)6-7-11-13-8-4-2-3-5-9(8)15-11;1-2/h6,8-15H,1-5,7H2,(H,20,22);2-5H,6-7H2,1H3,(H,12,14);2H2,1H3. The van der Waals surface area contributed by atoms with E-state index >= 15 is 0 Å². The zero-order chi connectivity index (χ0) is 29.3. The highest BCUT2D eigenvalue weighted by atomic mass is 32.1. The van der Waals surface area contributed by atoms with E-state index < -0.39 is 0 Å². The molecule has 0 saturated heterocycles. The lowest BCUT2D eigenvalue weighted by atomic mass is 10.1. The van der Waals surface area contributed by atoms with Gasteiger partial charge in [-0.05, 0) is 55.8 Å². The van der Waals surface area contributed by atoms with Gasteiger partial charge >= 0.3 is 0 Å². The number of aromatic amines is 1. The summed E-state index contributed by atoms with van der Waals surface area (Å²) in [6.45, 7) is 0. The number of rotatable bonds is 12. The number of nitrogens with zero attached hydrogens (tertiary/aromatic N) is 4. The van der Waals surface area contributed by atoms with Crippen molar-refractivity contribution in [3.05, 3.63) is 84.0 Å². The van der Waals surface area contributed by atoms with Crippen molar-refractivity contribution < 1.29 is 9.59 Å². The fraction of sp³-hybridized carbons (Fsp3) is 0.323. The number of thiazole rings is 1. The van der Waals surface area contributed by atoms with Crippen LogP contribution in [-0.4, -0.2) is 51.0 Å². The average molecular weight is 574 g/mol. The maximum Gasteiger partial charge on any atom is 0.220 e. The summed E-state index contributed by atoms with van der Waals surface area (Å²) in [5.74, 6) is 1.09. The van der Waals surface area contributed by atoms with Crippen LogP contribution in [0.25, 0.3) is 27.2 Å². The van der Waals surface area contributed by atoms with Crippen LogP contribution < -0.4 is 11.1 Å². The van der Waals surface area contributed by atoms with Crippen molar-refractivity contribution in [3.63, 3.8) is 0 Å². The van der Waals surface area contributed by atoms with Crippen LogP contribution in [0, 0.1) is 0 Å². The Balaban J connectivity index is 0.000000233. The van der Waals surface area contributed by atoms with Crippen LogP contribution in [0.5, 0.6) is 0 Å². The molecule has 5 aromatic rings. The summed E-state index contributed by atoms with van der Waals surface area (Å²) in [5, 5.41) is 7.87. The van der Waals surface area contributed by atoms with E-state index in [4.69, 9.17) is 0 Å². The summed E-state index contributed by atoms with van der Waals surface area (Å²) in [6, 6.07) is 18.2. The van der Waals surface area contributed by atoms with Crippen molar-refractivity contribution in [2.45, 2.75) is 51.4 Å². The minimum absolute atomic E-state index is 0.0641. The maximum atomic E-state index is 11.1. The normalized spacial score (nSPS) is 10.3. The second-order valence-corrected chi connectivity index (χ2v) is 10.2. The van der Waals surface area contributed by atoms with Gasteiger partial charge in [0.05, 0.1) is 32.8 Å². The van der Waals surface area contributed by atoms with Gasteiger partial charge in [-0.1, -0.05) is 37.1 Å². The number of H-pyrrole nitrogens is 1. The molecule has 0 bridgehead atoms. The summed E-state index contributed by atoms with van der Waals surface area (Å²) in [7, 11) is 3.15. The Hall–Kier alpha value is -4.15.